The van der Waals surface area contributed by atoms with Crippen LogP contribution in [0.4, 0.5) is 0 Å². The summed E-state index contributed by atoms with van der Waals surface area (Å²) in [6, 6.07) is 0. The van der Waals surface area contributed by atoms with Gasteiger partial charge < -0.3 is 19.3 Å². The second kappa shape index (κ2) is 10.0. The molecule has 0 aromatic carbocycles. The van der Waals surface area contributed by atoms with Crippen LogP contribution < -0.4 is 0 Å². The first kappa shape index (κ1) is 17.2. The monoisotopic (exact) mass is 198 g/mol. The maximum absolute atomic E-state index is 8.52. The van der Waals surface area contributed by atoms with E-state index in [0.29, 0.717) is 0 Å². The summed E-state index contributed by atoms with van der Waals surface area (Å²) in [6.45, 7) is -0.250. The van der Waals surface area contributed by atoms with Gasteiger partial charge in [0.15, 0.2) is 0 Å². The van der Waals surface area contributed by atoms with E-state index >= 15 is 0 Å². The smallest absolute Gasteiger partial charge is 0.759 e. The minimum Gasteiger partial charge on any atom is -0.759 e. The molecule has 8 heteroatoms. The van der Waals surface area contributed by atoms with Crippen LogP contribution in [0.25, 0.3) is 0 Å². The summed E-state index contributed by atoms with van der Waals surface area (Å²) in [5.41, 5.74) is 0. The number of rotatable bonds is 1. The molecule has 0 rings (SSSR count). The van der Waals surface area contributed by atoms with Crippen molar-refractivity contribution in [2.45, 2.75) is 0 Å². The van der Waals surface area contributed by atoms with E-state index in [1.165, 1.54) is 0 Å². The third-order valence-corrected chi connectivity index (χ3v) is 0.1000. The molecule has 0 bridgehead atoms. The molecule has 0 aliphatic rings. The fraction of sp³-hybridized carbons (Fsp3) is 1.00. The van der Waals surface area contributed by atoms with Gasteiger partial charge in [-0.3, -0.25) is 8.42 Å². The molecule has 0 saturated carbocycles. The number of hydrogen-bond acceptors (Lipinski definition) is 6. The quantitative estimate of drug-likeness (QED) is 0.268. The average molecular weight is 198 g/mol. The standard InChI is InChI=1S/C2H6O2.Ca.H2O4S/c3-1-2-4;;1-5(2,3)4/h3-4H,1-2H2;;(H2,1,2,3,4)/q;+2;/p-2. The molecule has 2 N–H and O–H groups in total. The van der Waals surface area contributed by atoms with Crippen molar-refractivity contribution in [1.29, 1.82) is 0 Å². The van der Waals surface area contributed by atoms with Crippen LogP contribution in [0, 0.1) is 0 Å². The van der Waals surface area contributed by atoms with Gasteiger partial charge in [0.2, 0.25) is 0 Å². The Hall–Kier alpha value is 1.05. The van der Waals surface area contributed by atoms with Gasteiger partial charge >= 0.3 is 37.7 Å². The Balaban J connectivity index is -0.0000000910. The SMILES string of the molecule is O=S(=O)([O-])[O-].OCCO.[Ca+2]. The van der Waals surface area contributed by atoms with Crippen LogP contribution in [0.2, 0.25) is 0 Å². The average Bonchev–Trinajstić information content (AvgIpc) is 1.61. The number of hydrogen-bond donors (Lipinski definition) is 2. The van der Waals surface area contributed by atoms with E-state index in [-0.39, 0.29) is 51.0 Å². The van der Waals surface area contributed by atoms with Crippen molar-refractivity contribution >= 4 is 48.1 Å². The van der Waals surface area contributed by atoms with E-state index in [1.54, 1.807) is 0 Å². The maximum Gasteiger partial charge on any atom is 2.00 e. The molecule has 10 heavy (non-hydrogen) atoms. The molecule has 0 heterocycles. The van der Waals surface area contributed by atoms with Crippen LogP contribution in [0.5, 0.6) is 0 Å². The van der Waals surface area contributed by atoms with Crippen molar-refractivity contribution in [3.05, 3.63) is 0 Å². The van der Waals surface area contributed by atoms with E-state index in [0.717, 1.165) is 0 Å². The minimum absolute atomic E-state index is 0. The van der Waals surface area contributed by atoms with E-state index in [2.05, 4.69) is 0 Å². The zero-order chi connectivity index (χ0) is 7.91. The van der Waals surface area contributed by atoms with Gasteiger partial charge in [-0.15, -0.1) is 0 Å². The number of aliphatic hydroxyl groups excluding tert-OH is 2. The third-order valence-electron chi connectivity index (χ3n) is 0.1000. The molecule has 0 fully saturated rings. The summed E-state index contributed by atoms with van der Waals surface area (Å²) in [5.74, 6) is 0. The Kier molecular flexibility index (Phi) is 17.3. The van der Waals surface area contributed by atoms with Gasteiger partial charge in [0.1, 0.15) is 0 Å². The summed E-state index contributed by atoms with van der Waals surface area (Å²) in [6.07, 6.45) is 0. The molecule has 0 atom stereocenters. The first-order valence-electron chi connectivity index (χ1n) is 1.80. The van der Waals surface area contributed by atoms with Crippen LogP contribution in [-0.4, -0.2) is 78.7 Å². The van der Waals surface area contributed by atoms with Crippen molar-refractivity contribution in [2.24, 2.45) is 0 Å². The Morgan fingerprint density at radius 1 is 1.10 bits per heavy atom. The third kappa shape index (κ3) is 140. The zero-order valence-corrected chi connectivity index (χ0v) is 8.08. The molecule has 0 aliphatic carbocycles. The molecule has 0 aromatic heterocycles. The summed E-state index contributed by atoms with van der Waals surface area (Å²) >= 11 is 0. The first-order valence-corrected chi connectivity index (χ1v) is 3.13. The van der Waals surface area contributed by atoms with E-state index in [1.807, 2.05) is 0 Å². The van der Waals surface area contributed by atoms with Crippen molar-refractivity contribution in [3.63, 3.8) is 0 Å². The van der Waals surface area contributed by atoms with Gasteiger partial charge in [-0.05, 0) is 0 Å². The molecule has 0 aromatic rings. The fourth-order valence-electron chi connectivity index (χ4n) is 0. The number of aliphatic hydroxyl groups is 2. The molecule has 58 valence electrons. The van der Waals surface area contributed by atoms with Gasteiger partial charge in [-0.25, -0.2) is 0 Å². The Labute approximate surface area is 88.4 Å². The summed E-state index contributed by atoms with van der Waals surface area (Å²) in [4.78, 5) is 0. The van der Waals surface area contributed by atoms with Crippen LogP contribution in [0.15, 0.2) is 0 Å². The molecule has 0 aliphatic heterocycles. The van der Waals surface area contributed by atoms with E-state index in [9.17, 15) is 0 Å². The van der Waals surface area contributed by atoms with Gasteiger partial charge in [0, 0.05) is 10.4 Å². The van der Waals surface area contributed by atoms with E-state index < -0.39 is 10.4 Å². The van der Waals surface area contributed by atoms with Crippen LogP contribution in [-0.2, 0) is 10.4 Å². The van der Waals surface area contributed by atoms with Gasteiger partial charge in [0.05, 0.1) is 13.2 Å². The van der Waals surface area contributed by atoms with E-state index in [4.69, 9.17) is 27.7 Å². The zero-order valence-electron chi connectivity index (χ0n) is 5.06. The van der Waals surface area contributed by atoms with Crippen molar-refractivity contribution in [2.75, 3.05) is 13.2 Å². The fourth-order valence-corrected chi connectivity index (χ4v) is 0. The molecule has 0 spiro atoms. The second-order valence-electron chi connectivity index (χ2n) is 0.855. The van der Waals surface area contributed by atoms with Crippen molar-refractivity contribution < 1.29 is 27.7 Å². The molecule has 0 radical (unpaired) electrons. The molecule has 0 amide bonds. The second-order valence-corrected chi connectivity index (χ2v) is 1.67. The Bertz CT molecular complexity index is 119. The predicted molar refractivity (Wildman–Crippen MR) is 30.4 cm³/mol. The molecular weight excluding hydrogens is 192 g/mol. The van der Waals surface area contributed by atoms with Crippen LogP contribution >= 0.6 is 0 Å². The molecule has 0 saturated heterocycles. The summed E-state index contributed by atoms with van der Waals surface area (Å²) < 4.78 is 34.1. The molecular formula is C2H6CaO6S. The van der Waals surface area contributed by atoms with Crippen molar-refractivity contribution in [3.8, 4) is 0 Å². The van der Waals surface area contributed by atoms with Crippen LogP contribution in [0.1, 0.15) is 0 Å². The summed E-state index contributed by atoms with van der Waals surface area (Å²) in [7, 11) is -5.17. The first-order chi connectivity index (χ1) is 3.91. The topological polar surface area (TPSA) is 121 Å². The van der Waals surface area contributed by atoms with Gasteiger partial charge in [-0.2, -0.15) is 0 Å². The molecule has 0 unspecified atom stereocenters. The summed E-state index contributed by atoms with van der Waals surface area (Å²) in [5, 5.41) is 15.2. The Morgan fingerprint density at radius 3 is 1.20 bits per heavy atom. The molecule has 6 nitrogen and oxygen atoms in total. The maximum atomic E-state index is 8.52. The normalized spacial score (nSPS) is 8.80. The largest absolute Gasteiger partial charge is 2.00 e. The predicted octanol–water partition coefficient (Wildman–Crippen LogP) is -2.75. The van der Waals surface area contributed by atoms with Gasteiger partial charge in [0.25, 0.3) is 0 Å². The van der Waals surface area contributed by atoms with Crippen LogP contribution in [0.3, 0.4) is 0 Å². The Morgan fingerprint density at radius 2 is 1.20 bits per heavy atom. The van der Waals surface area contributed by atoms with Gasteiger partial charge in [-0.1, -0.05) is 0 Å². The van der Waals surface area contributed by atoms with Crippen molar-refractivity contribution in [1.82, 2.24) is 0 Å². The minimum atomic E-state index is -5.17.